The molecule has 0 radical (unpaired) electrons. The van der Waals surface area contributed by atoms with E-state index in [0.717, 1.165) is 23.5 Å². The lowest BCUT2D eigenvalue weighted by Gasteiger charge is -2.17. The molecule has 0 bridgehead atoms. The molecule has 2 aromatic rings. The first kappa shape index (κ1) is 15.9. The van der Waals surface area contributed by atoms with Gasteiger partial charge in [0.1, 0.15) is 11.5 Å². The molecule has 2 atom stereocenters. The maximum atomic E-state index is 12.0. The number of hydrogen-bond donors (Lipinski definition) is 2. The Morgan fingerprint density at radius 2 is 2.05 bits per heavy atom. The fourth-order valence-corrected chi connectivity index (χ4v) is 2.27. The lowest BCUT2D eigenvalue weighted by molar-refractivity contribution is 0.233. The molecule has 1 aromatic carbocycles. The van der Waals surface area contributed by atoms with E-state index in [9.17, 15) is 4.79 Å². The maximum absolute atomic E-state index is 12.0. The van der Waals surface area contributed by atoms with Gasteiger partial charge in [0.15, 0.2) is 0 Å². The van der Waals surface area contributed by atoms with Crippen LogP contribution < -0.4 is 15.4 Å². The van der Waals surface area contributed by atoms with Gasteiger partial charge < -0.3 is 19.8 Å². The van der Waals surface area contributed by atoms with Gasteiger partial charge in [-0.1, -0.05) is 12.1 Å². The quantitative estimate of drug-likeness (QED) is 0.860. The molecule has 1 aromatic heterocycles. The Morgan fingerprint density at radius 1 is 1.23 bits per heavy atom. The summed E-state index contributed by atoms with van der Waals surface area (Å²) in [5.74, 6) is 1.55. The highest BCUT2D eigenvalue weighted by Gasteiger charge is 2.13. The molecule has 2 rings (SSSR count). The van der Waals surface area contributed by atoms with Crippen LogP contribution in [0.3, 0.4) is 0 Å². The summed E-state index contributed by atoms with van der Waals surface area (Å²) in [6.07, 6.45) is 2.33. The number of methoxy groups -OCH3 is 1. The summed E-state index contributed by atoms with van der Waals surface area (Å²) >= 11 is 0. The van der Waals surface area contributed by atoms with E-state index >= 15 is 0 Å². The molecule has 2 amide bonds. The number of ether oxygens (including phenoxy) is 1. The lowest BCUT2D eigenvalue weighted by atomic mass is 10.1. The van der Waals surface area contributed by atoms with Crippen LogP contribution in [0.25, 0.3) is 0 Å². The minimum absolute atomic E-state index is 0.0101. The summed E-state index contributed by atoms with van der Waals surface area (Å²) in [7, 11) is 1.64. The molecular weight excluding hydrogens is 280 g/mol. The first-order valence-corrected chi connectivity index (χ1v) is 7.32. The third-order valence-corrected chi connectivity index (χ3v) is 3.37. The number of carbonyl (C=O) groups is 1. The fraction of sp³-hybridized carbons (Fsp3) is 0.353. The first-order chi connectivity index (χ1) is 10.6. The number of benzene rings is 1. The van der Waals surface area contributed by atoms with E-state index in [0.29, 0.717) is 0 Å². The Kier molecular flexibility index (Phi) is 5.47. The van der Waals surface area contributed by atoms with Crippen molar-refractivity contribution in [2.75, 3.05) is 7.11 Å². The summed E-state index contributed by atoms with van der Waals surface area (Å²) in [5.41, 5.74) is 1.12. The van der Waals surface area contributed by atoms with Gasteiger partial charge in [0, 0.05) is 6.04 Å². The third-order valence-electron chi connectivity index (χ3n) is 3.37. The van der Waals surface area contributed by atoms with E-state index in [1.165, 1.54) is 0 Å². The van der Waals surface area contributed by atoms with Crippen LogP contribution in [0, 0.1) is 0 Å². The predicted octanol–water partition coefficient (Wildman–Crippen LogP) is 3.28. The number of amides is 2. The predicted molar refractivity (Wildman–Crippen MR) is 85.0 cm³/mol. The number of urea groups is 1. The van der Waals surface area contributed by atoms with Crippen LogP contribution in [0.5, 0.6) is 5.75 Å². The monoisotopic (exact) mass is 302 g/mol. The van der Waals surface area contributed by atoms with Crippen molar-refractivity contribution in [1.82, 2.24) is 10.6 Å². The van der Waals surface area contributed by atoms with E-state index in [-0.39, 0.29) is 18.1 Å². The molecule has 0 aliphatic rings. The van der Waals surface area contributed by atoms with Gasteiger partial charge in [-0.2, -0.15) is 0 Å². The van der Waals surface area contributed by atoms with Gasteiger partial charge in [0.25, 0.3) is 0 Å². The second kappa shape index (κ2) is 7.54. The second-order valence-corrected chi connectivity index (χ2v) is 5.31. The Bertz CT molecular complexity index is 596. The molecule has 0 aliphatic heterocycles. The molecule has 118 valence electrons. The molecule has 0 aliphatic carbocycles. The van der Waals surface area contributed by atoms with Crippen molar-refractivity contribution in [2.24, 2.45) is 0 Å². The molecule has 2 unspecified atom stereocenters. The van der Waals surface area contributed by atoms with Crippen molar-refractivity contribution < 1.29 is 13.9 Å². The molecular formula is C17H22N2O3. The minimum atomic E-state index is -0.209. The zero-order chi connectivity index (χ0) is 15.9. The van der Waals surface area contributed by atoms with Crippen molar-refractivity contribution >= 4 is 6.03 Å². The molecule has 0 saturated heterocycles. The number of rotatable bonds is 6. The number of carbonyl (C=O) groups excluding carboxylic acids is 1. The van der Waals surface area contributed by atoms with Crippen LogP contribution in [0.15, 0.2) is 47.1 Å². The smallest absolute Gasteiger partial charge is 0.315 e. The van der Waals surface area contributed by atoms with Gasteiger partial charge in [-0.05, 0) is 50.1 Å². The van der Waals surface area contributed by atoms with E-state index in [1.54, 1.807) is 19.4 Å². The van der Waals surface area contributed by atoms with Crippen LogP contribution in [-0.2, 0) is 6.42 Å². The summed E-state index contributed by atoms with van der Waals surface area (Å²) in [6.45, 7) is 3.85. The number of nitrogens with one attached hydrogen (secondary N) is 2. The van der Waals surface area contributed by atoms with Gasteiger partial charge in [0.05, 0.1) is 19.4 Å². The minimum Gasteiger partial charge on any atom is -0.497 e. The Labute approximate surface area is 130 Å². The van der Waals surface area contributed by atoms with E-state index in [2.05, 4.69) is 10.6 Å². The summed E-state index contributed by atoms with van der Waals surface area (Å²) in [6, 6.07) is 11.1. The summed E-state index contributed by atoms with van der Waals surface area (Å²) in [4.78, 5) is 12.0. The highest BCUT2D eigenvalue weighted by molar-refractivity contribution is 5.74. The van der Waals surface area contributed by atoms with Gasteiger partial charge in [0.2, 0.25) is 0 Å². The van der Waals surface area contributed by atoms with Crippen LogP contribution in [-0.4, -0.2) is 19.2 Å². The normalized spacial score (nSPS) is 13.2. The maximum Gasteiger partial charge on any atom is 0.315 e. The molecule has 1 heterocycles. The average Bonchev–Trinajstić information content (AvgIpc) is 3.01. The Balaban J connectivity index is 1.83. The van der Waals surface area contributed by atoms with Crippen LogP contribution in [0.4, 0.5) is 4.79 Å². The van der Waals surface area contributed by atoms with Crippen LogP contribution in [0.2, 0.25) is 0 Å². The SMILES string of the molecule is COc1cccc(CC(C)NC(=O)NC(C)c2ccco2)c1. The van der Waals surface area contributed by atoms with E-state index in [4.69, 9.17) is 9.15 Å². The topological polar surface area (TPSA) is 63.5 Å². The van der Waals surface area contributed by atoms with E-state index < -0.39 is 0 Å². The molecule has 22 heavy (non-hydrogen) atoms. The highest BCUT2D eigenvalue weighted by atomic mass is 16.5. The number of furan rings is 1. The zero-order valence-corrected chi connectivity index (χ0v) is 13.1. The van der Waals surface area contributed by atoms with Crippen molar-refractivity contribution in [1.29, 1.82) is 0 Å². The van der Waals surface area contributed by atoms with E-state index in [1.807, 2.05) is 44.2 Å². The largest absolute Gasteiger partial charge is 0.497 e. The van der Waals surface area contributed by atoms with Crippen molar-refractivity contribution in [2.45, 2.75) is 32.4 Å². The first-order valence-electron chi connectivity index (χ1n) is 7.32. The Hall–Kier alpha value is -2.43. The van der Waals surface area contributed by atoms with Gasteiger partial charge in [-0.25, -0.2) is 4.79 Å². The third kappa shape index (κ3) is 4.55. The molecule has 5 heteroatoms. The second-order valence-electron chi connectivity index (χ2n) is 5.31. The average molecular weight is 302 g/mol. The highest BCUT2D eigenvalue weighted by Crippen LogP contribution is 2.14. The van der Waals surface area contributed by atoms with Crippen LogP contribution in [0.1, 0.15) is 31.2 Å². The number of hydrogen-bond acceptors (Lipinski definition) is 3. The van der Waals surface area contributed by atoms with Gasteiger partial charge in [-0.3, -0.25) is 0 Å². The molecule has 5 nitrogen and oxygen atoms in total. The fourth-order valence-electron chi connectivity index (χ4n) is 2.27. The van der Waals surface area contributed by atoms with Crippen molar-refractivity contribution in [3.8, 4) is 5.75 Å². The molecule has 0 saturated carbocycles. The molecule has 0 spiro atoms. The molecule has 2 N–H and O–H groups in total. The zero-order valence-electron chi connectivity index (χ0n) is 13.1. The van der Waals surface area contributed by atoms with Crippen molar-refractivity contribution in [3.63, 3.8) is 0 Å². The summed E-state index contributed by atoms with van der Waals surface area (Å²) in [5, 5.41) is 5.78. The molecule has 0 fully saturated rings. The standard InChI is InChI=1S/C17H22N2O3/c1-12(10-14-6-4-7-15(11-14)21-3)18-17(20)19-13(2)16-8-5-9-22-16/h4-9,11-13H,10H2,1-3H3,(H2,18,19,20). The lowest BCUT2D eigenvalue weighted by Crippen LogP contribution is -2.42. The summed E-state index contributed by atoms with van der Waals surface area (Å²) < 4.78 is 10.5. The van der Waals surface area contributed by atoms with Gasteiger partial charge in [-0.15, -0.1) is 0 Å². The van der Waals surface area contributed by atoms with Crippen LogP contribution >= 0.6 is 0 Å². The van der Waals surface area contributed by atoms with Gasteiger partial charge >= 0.3 is 6.03 Å². The Morgan fingerprint density at radius 3 is 2.73 bits per heavy atom. The van der Waals surface area contributed by atoms with Crippen molar-refractivity contribution in [3.05, 3.63) is 54.0 Å².